The first-order valence-electron chi connectivity index (χ1n) is 6.72. The van der Waals surface area contributed by atoms with Crippen LogP contribution in [0.15, 0.2) is 22.7 Å². The van der Waals surface area contributed by atoms with Crippen molar-refractivity contribution < 1.29 is 4.79 Å². The smallest absolute Gasteiger partial charge is 0.251 e. The summed E-state index contributed by atoms with van der Waals surface area (Å²) in [6, 6.07) is 6.23. The van der Waals surface area contributed by atoms with E-state index in [1.165, 1.54) is 25.7 Å². The molecule has 1 N–H and O–H groups in total. The number of rotatable bonds is 4. The molecule has 2 nitrogen and oxygen atoms in total. The first-order chi connectivity index (χ1) is 8.65. The van der Waals surface area contributed by atoms with Gasteiger partial charge in [-0.3, -0.25) is 4.79 Å². The number of carbonyl (C=O) groups excluding carboxylic acids is 1. The lowest BCUT2D eigenvalue weighted by atomic mass is 10.1. The van der Waals surface area contributed by atoms with Crippen LogP contribution in [0, 0.1) is 18.8 Å². The molecule has 2 saturated carbocycles. The summed E-state index contributed by atoms with van der Waals surface area (Å²) in [4.78, 5) is 12.3. The van der Waals surface area contributed by atoms with Gasteiger partial charge in [-0.25, -0.2) is 0 Å². The van der Waals surface area contributed by atoms with Gasteiger partial charge >= 0.3 is 0 Å². The van der Waals surface area contributed by atoms with Gasteiger partial charge in [-0.05, 0) is 68.2 Å². The molecule has 0 unspecified atom stereocenters. The molecule has 18 heavy (non-hydrogen) atoms. The number of halogens is 1. The molecule has 1 amide bonds. The Labute approximate surface area is 116 Å². The number of hydrogen-bond acceptors (Lipinski definition) is 1. The minimum absolute atomic E-state index is 0.0920. The second kappa shape index (κ2) is 4.69. The maximum Gasteiger partial charge on any atom is 0.251 e. The van der Waals surface area contributed by atoms with Crippen LogP contribution in [-0.2, 0) is 0 Å². The fraction of sp³-hybridized carbons (Fsp3) is 0.533. The Hall–Kier alpha value is -0.830. The van der Waals surface area contributed by atoms with Gasteiger partial charge in [-0.2, -0.15) is 0 Å². The Morgan fingerprint density at radius 3 is 2.39 bits per heavy atom. The van der Waals surface area contributed by atoms with Crippen molar-refractivity contribution in [2.24, 2.45) is 11.8 Å². The molecule has 3 rings (SSSR count). The van der Waals surface area contributed by atoms with E-state index in [1.807, 2.05) is 25.1 Å². The Morgan fingerprint density at radius 2 is 1.89 bits per heavy atom. The summed E-state index contributed by atoms with van der Waals surface area (Å²) in [6.45, 7) is 2.01. The maximum atomic E-state index is 12.3. The molecule has 0 heterocycles. The van der Waals surface area contributed by atoms with E-state index in [4.69, 9.17) is 0 Å². The van der Waals surface area contributed by atoms with Crippen molar-refractivity contribution in [3.05, 3.63) is 33.8 Å². The summed E-state index contributed by atoms with van der Waals surface area (Å²) in [5.41, 5.74) is 1.89. The van der Waals surface area contributed by atoms with Crippen molar-refractivity contribution in [1.82, 2.24) is 5.32 Å². The molecule has 2 aliphatic rings. The minimum atomic E-state index is 0.0920. The van der Waals surface area contributed by atoms with E-state index in [9.17, 15) is 4.79 Å². The number of nitrogens with one attached hydrogen (secondary N) is 1. The lowest BCUT2D eigenvalue weighted by Crippen LogP contribution is -2.38. The molecule has 2 aliphatic carbocycles. The number of amides is 1. The van der Waals surface area contributed by atoms with E-state index in [1.54, 1.807) is 0 Å². The fourth-order valence-corrected chi connectivity index (χ4v) is 2.80. The second-order valence-corrected chi connectivity index (χ2v) is 6.49. The van der Waals surface area contributed by atoms with Crippen molar-refractivity contribution in [2.45, 2.75) is 38.6 Å². The SMILES string of the molecule is Cc1cc(C(=O)NC(C2CC2)C2CC2)ccc1Br. The van der Waals surface area contributed by atoms with Gasteiger partial charge in [0.2, 0.25) is 0 Å². The van der Waals surface area contributed by atoms with Gasteiger partial charge in [-0.1, -0.05) is 15.9 Å². The number of benzene rings is 1. The summed E-state index contributed by atoms with van der Waals surface area (Å²) in [6.07, 6.45) is 5.17. The third kappa shape index (κ3) is 2.61. The summed E-state index contributed by atoms with van der Waals surface area (Å²) in [5.74, 6) is 1.59. The fourth-order valence-electron chi connectivity index (χ4n) is 2.55. The largest absolute Gasteiger partial charge is 0.349 e. The Bertz CT molecular complexity index is 465. The first-order valence-corrected chi connectivity index (χ1v) is 7.51. The van der Waals surface area contributed by atoms with Crippen LogP contribution in [0.5, 0.6) is 0 Å². The zero-order valence-corrected chi connectivity index (χ0v) is 12.2. The molecule has 0 aromatic heterocycles. The van der Waals surface area contributed by atoms with Crippen molar-refractivity contribution in [2.75, 3.05) is 0 Å². The highest BCUT2D eigenvalue weighted by Gasteiger charge is 2.42. The molecule has 96 valence electrons. The number of hydrogen-bond donors (Lipinski definition) is 1. The normalized spacial score (nSPS) is 19.1. The predicted molar refractivity (Wildman–Crippen MR) is 75.6 cm³/mol. The van der Waals surface area contributed by atoms with Gasteiger partial charge in [0.1, 0.15) is 0 Å². The van der Waals surface area contributed by atoms with Crippen molar-refractivity contribution in [1.29, 1.82) is 0 Å². The molecule has 1 aromatic rings. The van der Waals surface area contributed by atoms with Crippen LogP contribution in [0.25, 0.3) is 0 Å². The van der Waals surface area contributed by atoms with E-state index in [2.05, 4.69) is 21.2 Å². The maximum absolute atomic E-state index is 12.3. The molecule has 1 aromatic carbocycles. The standard InChI is InChI=1S/C15H18BrNO/c1-9-8-12(6-7-13(9)16)15(18)17-14(10-2-3-10)11-4-5-11/h6-8,10-11,14H,2-5H2,1H3,(H,17,18). The lowest BCUT2D eigenvalue weighted by Gasteiger charge is -2.17. The van der Waals surface area contributed by atoms with Crippen LogP contribution in [0.2, 0.25) is 0 Å². The van der Waals surface area contributed by atoms with Crippen LogP contribution < -0.4 is 5.32 Å². The summed E-state index contributed by atoms with van der Waals surface area (Å²) in [7, 11) is 0. The highest BCUT2D eigenvalue weighted by Crippen LogP contribution is 2.44. The van der Waals surface area contributed by atoms with Gasteiger partial charge in [0.15, 0.2) is 0 Å². The van der Waals surface area contributed by atoms with E-state index < -0.39 is 0 Å². The van der Waals surface area contributed by atoms with E-state index in [0.29, 0.717) is 6.04 Å². The molecular weight excluding hydrogens is 290 g/mol. The second-order valence-electron chi connectivity index (χ2n) is 5.64. The zero-order chi connectivity index (χ0) is 12.7. The molecule has 0 spiro atoms. The molecular formula is C15H18BrNO. The molecule has 3 heteroatoms. The van der Waals surface area contributed by atoms with Crippen LogP contribution in [0.3, 0.4) is 0 Å². The van der Waals surface area contributed by atoms with E-state index >= 15 is 0 Å². The van der Waals surface area contributed by atoms with E-state index in [0.717, 1.165) is 27.4 Å². The average molecular weight is 308 g/mol. The summed E-state index contributed by atoms with van der Waals surface area (Å²) in [5, 5.41) is 3.25. The van der Waals surface area contributed by atoms with Crippen LogP contribution in [0.4, 0.5) is 0 Å². The van der Waals surface area contributed by atoms with Crippen molar-refractivity contribution in [3.8, 4) is 0 Å². The van der Waals surface area contributed by atoms with Crippen molar-refractivity contribution >= 4 is 21.8 Å². The monoisotopic (exact) mass is 307 g/mol. The first kappa shape index (κ1) is 12.2. The van der Waals surface area contributed by atoms with Gasteiger partial charge in [0, 0.05) is 16.1 Å². The molecule has 2 fully saturated rings. The average Bonchev–Trinajstić information content (AvgIpc) is 3.22. The van der Waals surface area contributed by atoms with Gasteiger partial charge < -0.3 is 5.32 Å². The van der Waals surface area contributed by atoms with Gasteiger partial charge in [0.25, 0.3) is 5.91 Å². The molecule has 0 bridgehead atoms. The third-order valence-electron chi connectivity index (χ3n) is 3.98. The van der Waals surface area contributed by atoms with Gasteiger partial charge in [-0.15, -0.1) is 0 Å². The highest BCUT2D eigenvalue weighted by molar-refractivity contribution is 9.10. The predicted octanol–water partition coefficient (Wildman–Crippen LogP) is 3.68. The Kier molecular flexibility index (Phi) is 3.18. The van der Waals surface area contributed by atoms with E-state index in [-0.39, 0.29) is 5.91 Å². The van der Waals surface area contributed by atoms with Crippen LogP contribution in [0.1, 0.15) is 41.6 Å². The third-order valence-corrected chi connectivity index (χ3v) is 4.87. The molecule has 0 aliphatic heterocycles. The lowest BCUT2D eigenvalue weighted by molar-refractivity contribution is 0.0926. The molecule has 0 saturated heterocycles. The van der Waals surface area contributed by atoms with Crippen molar-refractivity contribution in [3.63, 3.8) is 0 Å². The Morgan fingerprint density at radius 1 is 1.28 bits per heavy atom. The van der Waals surface area contributed by atoms with Gasteiger partial charge in [0.05, 0.1) is 0 Å². The summed E-state index contributed by atoms with van der Waals surface area (Å²) >= 11 is 3.46. The molecule has 0 radical (unpaired) electrons. The molecule has 0 atom stereocenters. The quantitative estimate of drug-likeness (QED) is 0.903. The minimum Gasteiger partial charge on any atom is -0.349 e. The van der Waals surface area contributed by atoms with Crippen LogP contribution in [-0.4, -0.2) is 11.9 Å². The zero-order valence-electron chi connectivity index (χ0n) is 10.6. The summed E-state index contributed by atoms with van der Waals surface area (Å²) < 4.78 is 1.06. The van der Waals surface area contributed by atoms with Crippen LogP contribution >= 0.6 is 15.9 Å². The topological polar surface area (TPSA) is 29.1 Å². The Balaban J connectivity index is 1.71. The number of carbonyl (C=O) groups is 1. The highest BCUT2D eigenvalue weighted by atomic mass is 79.9. The number of aryl methyl sites for hydroxylation is 1.